The number of aryl methyl sites for hydroxylation is 1. The first-order valence-corrected chi connectivity index (χ1v) is 7.24. The molecule has 0 bridgehead atoms. The third-order valence-electron chi connectivity index (χ3n) is 3.36. The van der Waals surface area contributed by atoms with Gasteiger partial charge in [0.2, 0.25) is 0 Å². The van der Waals surface area contributed by atoms with Crippen molar-refractivity contribution in [2.45, 2.75) is 39.8 Å². The average Bonchev–Trinajstić information content (AvgIpc) is 2.95. The summed E-state index contributed by atoms with van der Waals surface area (Å²) in [6.07, 6.45) is 0. The van der Waals surface area contributed by atoms with E-state index in [2.05, 4.69) is 36.8 Å². The molecule has 3 rings (SSSR count). The molecule has 18 heavy (non-hydrogen) atoms. The number of hydrogen-bond donors (Lipinski definition) is 1. The molecule has 0 aromatic carbocycles. The maximum absolute atomic E-state index is 4.80. The standard InChI is InChI=1S/C14H17N3S/c1-8(2)13-10-4-15-5-12(10)16-14(17-13)11-7-18-6-9(11)3/h6-8,15H,4-5H2,1-3H3. The van der Waals surface area contributed by atoms with Gasteiger partial charge in [0.15, 0.2) is 5.82 Å². The summed E-state index contributed by atoms with van der Waals surface area (Å²) in [4.78, 5) is 9.54. The molecule has 0 saturated carbocycles. The van der Waals surface area contributed by atoms with Crippen LogP contribution in [0.15, 0.2) is 10.8 Å². The highest BCUT2D eigenvalue weighted by molar-refractivity contribution is 7.08. The van der Waals surface area contributed by atoms with Gasteiger partial charge >= 0.3 is 0 Å². The van der Waals surface area contributed by atoms with Crippen LogP contribution in [0.3, 0.4) is 0 Å². The van der Waals surface area contributed by atoms with E-state index < -0.39 is 0 Å². The van der Waals surface area contributed by atoms with Gasteiger partial charge in [-0.05, 0) is 23.8 Å². The Morgan fingerprint density at radius 2 is 2.06 bits per heavy atom. The molecule has 0 atom stereocenters. The lowest BCUT2D eigenvalue weighted by atomic mass is 10.0. The average molecular weight is 259 g/mol. The molecule has 0 amide bonds. The molecule has 3 nitrogen and oxygen atoms in total. The maximum atomic E-state index is 4.80. The zero-order chi connectivity index (χ0) is 12.7. The molecule has 1 aliphatic rings. The van der Waals surface area contributed by atoms with Gasteiger partial charge in [0.1, 0.15) is 0 Å². The van der Waals surface area contributed by atoms with Crippen molar-refractivity contribution in [2.75, 3.05) is 0 Å². The number of nitrogens with zero attached hydrogens (tertiary/aromatic N) is 2. The third-order valence-corrected chi connectivity index (χ3v) is 4.22. The Morgan fingerprint density at radius 1 is 1.22 bits per heavy atom. The number of rotatable bonds is 2. The molecule has 4 heteroatoms. The van der Waals surface area contributed by atoms with E-state index in [0.717, 1.165) is 18.9 Å². The van der Waals surface area contributed by atoms with E-state index in [9.17, 15) is 0 Å². The molecule has 2 aromatic rings. The van der Waals surface area contributed by atoms with Crippen molar-refractivity contribution in [3.05, 3.63) is 33.3 Å². The number of hydrogen-bond acceptors (Lipinski definition) is 4. The minimum absolute atomic E-state index is 0.444. The Balaban J connectivity index is 2.18. The molecule has 0 radical (unpaired) electrons. The monoisotopic (exact) mass is 259 g/mol. The van der Waals surface area contributed by atoms with Crippen molar-refractivity contribution in [1.29, 1.82) is 0 Å². The number of fused-ring (bicyclic) bond motifs is 1. The molecule has 0 unspecified atom stereocenters. The second kappa shape index (κ2) is 4.44. The first-order valence-electron chi connectivity index (χ1n) is 6.30. The van der Waals surface area contributed by atoms with Gasteiger partial charge in [0.05, 0.1) is 11.4 Å². The molecular weight excluding hydrogens is 242 g/mol. The number of nitrogens with one attached hydrogen (secondary N) is 1. The van der Waals surface area contributed by atoms with Crippen LogP contribution >= 0.6 is 11.3 Å². The minimum atomic E-state index is 0.444. The van der Waals surface area contributed by atoms with Crippen molar-refractivity contribution in [2.24, 2.45) is 0 Å². The molecular formula is C14H17N3S. The van der Waals surface area contributed by atoms with E-state index in [1.54, 1.807) is 11.3 Å². The molecule has 0 fully saturated rings. The van der Waals surface area contributed by atoms with Gasteiger partial charge in [-0.3, -0.25) is 0 Å². The number of thiophene rings is 1. The van der Waals surface area contributed by atoms with Gasteiger partial charge in [0.25, 0.3) is 0 Å². The van der Waals surface area contributed by atoms with E-state index in [1.807, 2.05) is 0 Å². The van der Waals surface area contributed by atoms with Crippen LogP contribution in [0.4, 0.5) is 0 Å². The van der Waals surface area contributed by atoms with Gasteiger partial charge in [-0.25, -0.2) is 9.97 Å². The van der Waals surface area contributed by atoms with Gasteiger partial charge in [0, 0.05) is 29.6 Å². The first-order chi connectivity index (χ1) is 8.66. The summed E-state index contributed by atoms with van der Waals surface area (Å²) in [7, 11) is 0. The molecule has 0 aliphatic carbocycles. The van der Waals surface area contributed by atoms with E-state index >= 15 is 0 Å². The highest BCUT2D eigenvalue weighted by Crippen LogP contribution is 2.29. The Hall–Kier alpha value is -1.26. The lowest BCUT2D eigenvalue weighted by molar-refractivity contribution is 0.746. The van der Waals surface area contributed by atoms with Gasteiger partial charge in [-0.1, -0.05) is 13.8 Å². The molecule has 0 spiro atoms. The van der Waals surface area contributed by atoms with Crippen molar-refractivity contribution in [1.82, 2.24) is 15.3 Å². The van der Waals surface area contributed by atoms with Gasteiger partial charge in [-0.2, -0.15) is 11.3 Å². The predicted octanol–water partition coefficient (Wildman–Crippen LogP) is 3.24. The van der Waals surface area contributed by atoms with Crippen LogP contribution in [-0.2, 0) is 13.1 Å². The van der Waals surface area contributed by atoms with E-state index in [-0.39, 0.29) is 0 Å². The fourth-order valence-corrected chi connectivity index (χ4v) is 3.21. The number of aromatic nitrogens is 2. The second-order valence-electron chi connectivity index (χ2n) is 5.08. The summed E-state index contributed by atoms with van der Waals surface area (Å²) in [5.41, 5.74) is 6.12. The van der Waals surface area contributed by atoms with Gasteiger partial charge < -0.3 is 5.32 Å². The summed E-state index contributed by atoms with van der Waals surface area (Å²) >= 11 is 1.71. The molecule has 1 N–H and O–H groups in total. The molecule has 94 valence electrons. The van der Waals surface area contributed by atoms with E-state index in [0.29, 0.717) is 5.92 Å². The van der Waals surface area contributed by atoms with Gasteiger partial charge in [-0.15, -0.1) is 0 Å². The van der Waals surface area contributed by atoms with E-state index in [4.69, 9.17) is 9.97 Å². The Labute approximate surface area is 111 Å². The van der Waals surface area contributed by atoms with E-state index in [1.165, 1.54) is 28.1 Å². The van der Waals surface area contributed by atoms with Crippen molar-refractivity contribution >= 4 is 11.3 Å². The lowest BCUT2D eigenvalue weighted by Crippen LogP contribution is -2.05. The van der Waals surface area contributed by atoms with Crippen LogP contribution in [0.2, 0.25) is 0 Å². The summed E-state index contributed by atoms with van der Waals surface area (Å²) in [6.45, 7) is 8.30. The third kappa shape index (κ3) is 1.85. The Kier molecular flexibility index (Phi) is 2.92. The Bertz CT molecular complexity index is 587. The zero-order valence-electron chi connectivity index (χ0n) is 10.9. The summed E-state index contributed by atoms with van der Waals surface area (Å²) in [5.74, 6) is 1.33. The predicted molar refractivity (Wildman–Crippen MR) is 74.7 cm³/mol. The molecule has 2 aromatic heterocycles. The van der Waals surface area contributed by atoms with Crippen LogP contribution in [0, 0.1) is 6.92 Å². The summed E-state index contributed by atoms with van der Waals surface area (Å²) < 4.78 is 0. The lowest BCUT2D eigenvalue weighted by Gasteiger charge is -2.12. The normalized spacial score (nSPS) is 14.2. The zero-order valence-corrected chi connectivity index (χ0v) is 11.8. The second-order valence-corrected chi connectivity index (χ2v) is 5.83. The maximum Gasteiger partial charge on any atom is 0.160 e. The highest BCUT2D eigenvalue weighted by Gasteiger charge is 2.21. The summed E-state index contributed by atoms with van der Waals surface area (Å²) in [5, 5.41) is 7.66. The van der Waals surface area contributed by atoms with Crippen molar-refractivity contribution in [3.63, 3.8) is 0 Å². The fraction of sp³-hybridized carbons (Fsp3) is 0.429. The molecule has 3 heterocycles. The summed E-state index contributed by atoms with van der Waals surface area (Å²) in [6, 6.07) is 0. The van der Waals surface area contributed by atoms with Crippen LogP contribution in [0.5, 0.6) is 0 Å². The fourth-order valence-electron chi connectivity index (χ4n) is 2.38. The Morgan fingerprint density at radius 3 is 2.72 bits per heavy atom. The minimum Gasteiger partial charge on any atom is -0.307 e. The highest BCUT2D eigenvalue weighted by atomic mass is 32.1. The first kappa shape index (κ1) is 11.8. The molecule has 0 saturated heterocycles. The van der Waals surface area contributed by atoms with Crippen LogP contribution in [0.1, 0.15) is 42.3 Å². The smallest absolute Gasteiger partial charge is 0.160 e. The van der Waals surface area contributed by atoms with Crippen LogP contribution in [0.25, 0.3) is 11.4 Å². The van der Waals surface area contributed by atoms with Crippen molar-refractivity contribution < 1.29 is 0 Å². The topological polar surface area (TPSA) is 37.8 Å². The quantitative estimate of drug-likeness (QED) is 0.899. The molecule has 1 aliphatic heterocycles. The van der Waals surface area contributed by atoms with Crippen LogP contribution in [-0.4, -0.2) is 9.97 Å². The van der Waals surface area contributed by atoms with Crippen molar-refractivity contribution in [3.8, 4) is 11.4 Å². The largest absolute Gasteiger partial charge is 0.307 e. The SMILES string of the molecule is Cc1cscc1-c1nc2c(c(C(C)C)n1)CNC2. The van der Waals surface area contributed by atoms with Crippen LogP contribution < -0.4 is 5.32 Å².